The van der Waals surface area contributed by atoms with Gasteiger partial charge in [0.1, 0.15) is 6.04 Å². The number of benzene rings is 2. The number of likely N-dealkylation sites (tertiary alicyclic amines) is 1. The predicted molar refractivity (Wildman–Crippen MR) is 94.0 cm³/mol. The summed E-state index contributed by atoms with van der Waals surface area (Å²) in [4.78, 5) is 25.5. The molecule has 0 aromatic heterocycles. The smallest absolute Gasteiger partial charge is 0.320 e. The maximum absolute atomic E-state index is 12.3. The summed E-state index contributed by atoms with van der Waals surface area (Å²) in [5.74, 6) is -0.870. The first kappa shape index (κ1) is 16.5. The molecule has 5 heteroatoms. The summed E-state index contributed by atoms with van der Waals surface area (Å²) in [6, 6.07) is 13.3. The first-order valence-electron chi connectivity index (χ1n) is 8.39. The van der Waals surface area contributed by atoms with Gasteiger partial charge in [-0.05, 0) is 30.8 Å². The molecule has 0 radical (unpaired) electrons. The van der Waals surface area contributed by atoms with Crippen LogP contribution in [0, 0.1) is 0 Å². The Hall–Kier alpha value is -2.40. The lowest BCUT2D eigenvalue weighted by atomic mass is 10.0. The Balaban J connectivity index is 1.62. The number of amides is 1. The van der Waals surface area contributed by atoms with Crippen LogP contribution in [0.4, 0.5) is 5.69 Å². The number of piperidine rings is 1. The molecule has 2 N–H and O–H groups in total. The highest BCUT2D eigenvalue weighted by Gasteiger charge is 2.28. The number of hydrogen-bond donors (Lipinski definition) is 2. The van der Waals surface area contributed by atoms with Crippen LogP contribution in [-0.2, 0) is 9.59 Å². The number of nitrogens with one attached hydrogen (secondary N) is 1. The molecule has 1 saturated heterocycles. The van der Waals surface area contributed by atoms with E-state index >= 15 is 0 Å². The fraction of sp³-hybridized carbons (Fsp3) is 0.368. The van der Waals surface area contributed by atoms with Gasteiger partial charge < -0.3 is 10.4 Å². The standard InChI is InChI=1S/C19H22N2O3/c22-18(11-13-21-12-4-3-10-17(21)19(23)24)20-16-9-5-7-14-6-1-2-8-15(14)16/h1-2,5-9,17H,3-4,10-13H2,(H,20,22)(H,23,24). The van der Waals surface area contributed by atoms with E-state index in [1.165, 1.54) is 0 Å². The maximum atomic E-state index is 12.3. The topological polar surface area (TPSA) is 69.6 Å². The Morgan fingerprint density at radius 1 is 1.12 bits per heavy atom. The number of nitrogens with zero attached hydrogens (tertiary/aromatic N) is 1. The molecule has 1 aliphatic heterocycles. The normalized spacial score (nSPS) is 18.4. The average Bonchev–Trinajstić information content (AvgIpc) is 2.60. The lowest BCUT2D eigenvalue weighted by Gasteiger charge is -2.32. The number of carboxylic acids is 1. The van der Waals surface area contributed by atoms with Crippen molar-refractivity contribution in [3.05, 3.63) is 42.5 Å². The maximum Gasteiger partial charge on any atom is 0.320 e. The van der Waals surface area contributed by atoms with Crippen LogP contribution in [0.25, 0.3) is 10.8 Å². The van der Waals surface area contributed by atoms with Gasteiger partial charge in [0.25, 0.3) is 0 Å². The van der Waals surface area contributed by atoms with Crippen molar-refractivity contribution >= 4 is 28.3 Å². The monoisotopic (exact) mass is 326 g/mol. The number of carboxylic acid groups (broad SMARTS) is 1. The number of carbonyl (C=O) groups excluding carboxylic acids is 1. The van der Waals surface area contributed by atoms with Crippen LogP contribution in [0.3, 0.4) is 0 Å². The highest BCUT2D eigenvalue weighted by atomic mass is 16.4. The molecular weight excluding hydrogens is 304 g/mol. The van der Waals surface area contributed by atoms with Crippen LogP contribution in [0.15, 0.2) is 42.5 Å². The van der Waals surface area contributed by atoms with Crippen molar-refractivity contribution in [1.82, 2.24) is 4.90 Å². The third-order valence-corrected chi connectivity index (χ3v) is 4.59. The molecule has 2 aromatic carbocycles. The van der Waals surface area contributed by atoms with Gasteiger partial charge in [0.05, 0.1) is 0 Å². The van der Waals surface area contributed by atoms with Crippen LogP contribution in [0.1, 0.15) is 25.7 Å². The van der Waals surface area contributed by atoms with E-state index in [1.54, 1.807) is 0 Å². The van der Waals surface area contributed by atoms with Gasteiger partial charge in [0.15, 0.2) is 0 Å². The first-order valence-corrected chi connectivity index (χ1v) is 8.39. The van der Waals surface area contributed by atoms with Gasteiger partial charge in [-0.25, -0.2) is 0 Å². The number of aliphatic carboxylic acids is 1. The molecule has 1 aliphatic rings. The molecule has 1 unspecified atom stereocenters. The van der Waals surface area contributed by atoms with E-state index in [0.717, 1.165) is 35.8 Å². The van der Waals surface area contributed by atoms with Crippen molar-refractivity contribution in [2.75, 3.05) is 18.4 Å². The second kappa shape index (κ2) is 7.45. The molecule has 2 aromatic rings. The number of anilines is 1. The van der Waals surface area contributed by atoms with Crippen LogP contribution in [0.5, 0.6) is 0 Å². The molecule has 1 fully saturated rings. The minimum Gasteiger partial charge on any atom is -0.480 e. The molecule has 0 bridgehead atoms. The number of carbonyl (C=O) groups is 2. The SMILES string of the molecule is O=C(CCN1CCCCC1C(=O)O)Nc1cccc2ccccc12. The summed E-state index contributed by atoms with van der Waals surface area (Å²) in [6.07, 6.45) is 2.90. The van der Waals surface area contributed by atoms with Crippen LogP contribution in [-0.4, -0.2) is 41.0 Å². The van der Waals surface area contributed by atoms with Crippen molar-refractivity contribution in [3.63, 3.8) is 0 Å². The van der Waals surface area contributed by atoms with Gasteiger partial charge in [-0.1, -0.05) is 42.8 Å². The zero-order valence-corrected chi connectivity index (χ0v) is 13.6. The van der Waals surface area contributed by atoms with E-state index in [9.17, 15) is 14.7 Å². The van der Waals surface area contributed by atoms with Crippen LogP contribution >= 0.6 is 0 Å². The molecule has 0 aliphatic carbocycles. The van der Waals surface area contributed by atoms with Crippen molar-refractivity contribution in [3.8, 4) is 0 Å². The quantitative estimate of drug-likeness (QED) is 0.886. The van der Waals surface area contributed by atoms with E-state index in [1.807, 2.05) is 47.4 Å². The molecule has 0 spiro atoms. The van der Waals surface area contributed by atoms with Crippen molar-refractivity contribution in [2.45, 2.75) is 31.7 Å². The Bertz CT molecular complexity index is 739. The third-order valence-electron chi connectivity index (χ3n) is 4.59. The van der Waals surface area contributed by atoms with Gasteiger partial charge in [-0.2, -0.15) is 0 Å². The Labute approximate surface area is 141 Å². The molecule has 1 atom stereocenters. The second-order valence-corrected chi connectivity index (χ2v) is 6.21. The minimum atomic E-state index is -0.788. The van der Waals surface area contributed by atoms with Crippen molar-refractivity contribution < 1.29 is 14.7 Å². The van der Waals surface area contributed by atoms with E-state index in [4.69, 9.17) is 0 Å². The summed E-state index contributed by atoms with van der Waals surface area (Å²) in [7, 11) is 0. The fourth-order valence-electron chi connectivity index (χ4n) is 3.33. The molecule has 5 nitrogen and oxygen atoms in total. The van der Waals surface area contributed by atoms with E-state index in [0.29, 0.717) is 19.4 Å². The van der Waals surface area contributed by atoms with Crippen molar-refractivity contribution in [2.24, 2.45) is 0 Å². The molecule has 126 valence electrons. The summed E-state index contributed by atoms with van der Waals surface area (Å²) in [6.45, 7) is 1.23. The van der Waals surface area contributed by atoms with E-state index < -0.39 is 12.0 Å². The molecule has 1 amide bonds. The van der Waals surface area contributed by atoms with Gasteiger partial charge in [0, 0.05) is 24.0 Å². The Kier molecular flexibility index (Phi) is 5.11. The van der Waals surface area contributed by atoms with Crippen LogP contribution in [0.2, 0.25) is 0 Å². The fourth-order valence-corrected chi connectivity index (χ4v) is 3.33. The van der Waals surface area contributed by atoms with Gasteiger partial charge in [-0.3, -0.25) is 14.5 Å². The second-order valence-electron chi connectivity index (χ2n) is 6.21. The molecule has 1 heterocycles. The highest BCUT2D eigenvalue weighted by molar-refractivity contribution is 6.02. The van der Waals surface area contributed by atoms with E-state index in [2.05, 4.69) is 5.32 Å². The summed E-state index contributed by atoms with van der Waals surface area (Å²) < 4.78 is 0. The Morgan fingerprint density at radius 2 is 1.92 bits per heavy atom. The highest BCUT2D eigenvalue weighted by Crippen LogP contribution is 2.23. The van der Waals surface area contributed by atoms with E-state index in [-0.39, 0.29) is 5.91 Å². The molecule has 3 rings (SSSR count). The van der Waals surface area contributed by atoms with Gasteiger partial charge >= 0.3 is 5.97 Å². The summed E-state index contributed by atoms with van der Waals surface area (Å²) in [5.41, 5.74) is 0.798. The number of fused-ring (bicyclic) bond motifs is 1. The predicted octanol–water partition coefficient (Wildman–Crippen LogP) is 3.11. The number of hydrogen-bond acceptors (Lipinski definition) is 3. The molecular formula is C19H22N2O3. The summed E-state index contributed by atoms with van der Waals surface area (Å²) >= 11 is 0. The minimum absolute atomic E-state index is 0.0823. The third kappa shape index (κ3) is 3.74. The zero-order valence-electron chi connectivity index (χ0n) is 13.6. The average molecular weight is 326 g/mol. The largest absolute Gasteiger partial charge is 0.480 e. The molecule has 0 saturated carbocycles. The first-order chi connectivity index (χ1) is 11.6. The van der Waals surface area contributed by atoms with Gasteiger partial charge in [0.2, 0.25) is 5.91 Å². The lowest BCUT2D eigenvalue weighted by molar-refractivity contribution is -0.144. The lowest BCUT2D eigenvalue weighted by Crippen LogP contribution is -2.45. The molecule has 24 heavy (non-hydrogen) atoms. The Morgan fingerprint density at radius 3 is 2.75 bits per heavy atom. The number of rotatable bonds is 5. The summed E-state index contributed by atoms with van der Waals surface area (Å²) in [5, 5.41) is 14.3. The zero-order chi connectivity index (χ0) is 16.9. The van der Waals surface area contributed by atoms with Crippen molar-refractivity contribution in [1.29, 1.82) is 0 Å². The van der Waals surface area contributed by atoms with Gasteiger partial charge in [-0.15, -0.1) is 0 Å². The van der Waals surface area contributed by atoms with Crippen LogP contribution < -0.4 is 5.32 Å².